The van der Waals surface area contributed by atoms with E-state index in [9.17, 15) is 131 Å². The van der Waals surface area contributed by atoms with Gasteiger partial charge in [-0.3, -0.25) is 9.05 Å². The van der Waals surface area contributed by atoms with Crippen LogP contribution >= 0.6 is 16.1 Å². The van der Waals surface area contributed by atoms with Crippen molar-refractivity contribution in [2.24, 2.45) is 35.1 Å². The predicted molar refractivity (Wildman–Crippen MR) is 270 cm³/mol. The number of nitrogens with two attached hydrogens (primary N) is 2. The van der Waals surface area contributed by atoms with Gasteiger partial charge < -0.3 is 157 Å². The average Bonchev–Trinajstić information content (AvgIpc) is 3.66. The third-order valence-corrected chi connectivity index (χ3v) is 14.7. The highest BCUT2D eigenvalue weighted by Gasteiger charge is 2.50. The van der Waals surface area contributed by atoms with E-state index in [2.05, 4.69) is 9.05 Å². The number of aliphatic hydroxyl groups excluding tert-OH is 22. The van der Waals surface area contributed by atoms with E-state index in [4.69, 9.17) is 44.4 Å². The molecule has 28 N–H and O–H groups in total. The van der Waals surface area contributed by atoms with Crippen molar-refractivity contribution in [1.82, 2.24) is 0 Å². The van der Waals surface area contributed by atoms with E-state index in [1.807, 2.05) is 0 Å². The summed E-state index contributed by atoms with van der Waals surface area (Å²) in [7, 11) is -8.28. The highest BCUT2D eigenvalue weighted by Crippen LogP contribution is 2.43. The largest absolute Gasteiger partial charge is 0.747 e. The molecule has 0 amide bonds. The summed E-state index contributed by atoms with van der Waals surface area (Å²) in [4.78, 5) is 19.2. The molecule has 0 aliphatic carbocycles. The number of rotatable bonds is 42. The molecule has 30 unspecified atom stereocenters. The number of ether oxygens (including phenoxy) is 6. The van der Waals surface area contributed by atoms with Gasteiger partial charge in [-0.1, -0.05) is 27.7 Å². The lowest BCUT2D eigenvalue weighted by Crippen LogP contribution is -2.64. The van der Waals surface area contributed by atoms with Gasteiger partial charge in [0.15, 0.2) is 30.9 Å². The first-order valence-corrected chi connectivity index (χ1v) is 28.3. The highest BCUT2D eigenvalue weighted by molar-refractivity contribution is 7.47. The lowest BCUT2D eigenvalue weighted by molar-refractivity contribution is -0.323. The van der Waals surface area contributed by atoms with Gasteiger partial charge in [-0.15, -0.1) is 4.89 Å². The van der Waals surface area contributed by atoms with E-state index in [1.54, 1.807) is 0 Å². The maximum absolute atomic E-state index is 12.2. The van der Waals surface area contributed by atoms with Crippen LogP contribution in [0.1, 0.15) is 41.5 Å². The van der Waals surface area contributed by atoms with Crippen molar-refractivity contribution >= 4 is 16.1 Å². The van der Waals surface area contributed by atoms with E-state index in [-0.39, 0.29) is 6.54 Å². The fraction of sp³-hybridized carbons (Fsp3) is 0.955. The standard InChI is InChI=1S/C44H88N2O35P2/c1-14(9-47)22(51)28(57)34(63)41(66)78-39(32(61)25(54)17(4)13-75-83(71,72)74-8-7-45)43(68)79-38(31(60)23(52)15(2)10-48)42(67)73-12-16(3)24(53)29(58)35(64)40(65)77-37-20(11-49)76-44(21(46)27(37)56)80-36(19(6)81-82(69)70)33(62)30(59)26(55)18(5)50/h14-18,20-35,37-44,47-68H,7-13,45-46H2,1-6H3,(H-,69,70,71,72)/p+1/b36-19-/t14?,15?,16?,17?,18-,20?,21?,22?,23?,24?,25?,26?,27?,28?,29?,30?,31?,32?,33?,34?,35?,37?,38?,39?,40?,41?,42?,43?,44?/m1/s1. The van der Waals surface area contributed by atoms with Crippen LogP contribution in [0.15, 0.2) is 11.5 Å². The third kappa shape index (κ3) is 23.7. The van der Waals surface area contributed by atoms with Crippen LogP contribution in [0.25, 0.3) is 0 Å². The lowest BCUT2D eigenvalue weighted by atomic mass is 9.94. The molecule has 0 saturated carbocycles. The fourth-order valence-corrected chi connectivity index (χ4v) is 8.80. The van der Waals surface area contributed by atoms with Gasteiger partial charge in [0.2, 0.25) is 12.0 Å². The van der Waals surface area contributed by atoms with Crippen molar-refractivity contribution < 1.29 is 173 Å². The number of aliphatic hydroxyl groups is 22. The molecule has 494 valence electrons. The summed E-state index contributed by atoms with van der Waals surface area (Å²) in [6.45, 7) is 1.30. The molecule has 1 fully saturated rings. The van der Waals surface area contributed by atoms with Crippen molar-refractivity contribution in [3.05, 3.63) is 11.5 Å². The number of phosphoric ester groups is 1. The summed E-state index contributed by atoms with van der Waals surface area (Å²) in [5.41, 5.74) is 11.3. The van der Waals surface area contributed by atoms with Gasteiger partial charge in [-0.25, -0.2) is 9.09 Å². The fourth-order valence-electron chi connectivity index (χ4n) is 7.64. The van der Waals surface area contributed by atoms with Crippen LogP contribution in [0.5, 0.6) is 0 Å². The van der Waals surface area contributed by atoms with Gasteiger partial charge in [0.25, 0.3) is 0 Å². The van der Waals surface area contributed by atoms with E-state index >= 15 is 0 Å². The first-order valence-electron chi connectivity index (χ1n) is 25.7. The molecule has 1 heterocycles. The van der Waals surface area contributed by atoms with Crippen LogP contribution in [0.2, 0.25) is 0 Å². The van der Waals surface area contributed by atoms with Gasteiger partial charge >= 0.3 is 16.1 Å². The van der Waals surface area contributed by atoms with Crippen molar-refractivity contribution in [1.29, 1.82) is 0 Å². The van der Waals surface area contributed by atoms with Crippen LogP contribution in [-0.4, -0.2) is 322 Å². The molecule has 0 aromatic carbocycles. The third-order valence-electron chi connectivity index (χ3n) is 13.3. The second kappa shape index (κ2) is 37.4. The van der Waals surface area contributed by atoms with E-state index < -0.39 is 244 Å². The Morgan fingerprint density at radius 3 is 1.54 bits per heavy atom. The first kappa shape index (κ1) is 79.4. The average molecular weight is 1270 g/mol. The Morgan fingerprint density at radius 1 is 0.602 bits per heavy atom. The molecule has 0 spiro atoms. The topological polar surface area (TPSA) is 655 Å². The summed E-state index contributed by atoms with van der Waals surface area (Å²) in [5, 5.41) is 235. The van der Waals surface area contributed by atoms with E-state index in [1.165, 1.54) is 13.8 Å². The SMILES string of the molecule is C/C(O[P+](=O)O)=C(/OC1OC(CO)C(OC(O)C(O)C(O)C(O)C(C)COC(O)C(OC(O)C(OC(O)C(O)C(O)C(O)C(C)CO)C(O)C(O)C(C)COP(=O)(O)OCCN)C(O)C(O)C(C)CO)C(O)C1N)C(O)C(O)C(O)[C@@H](C)O. The maximum atomic E-state index is 12.2. The quantitative estimate of drug-likeness (QED) is 0.0153. The number of allylic oxidation sites excluding steroid dienone is 1. The van der Waals surface area contributed by atoms with Crippen LogP contribution in [0.4, 0.5) is 0 Å². The summed E-state index contributed by atoms with van der Waals surface area (Å²) in [6.07, 6.45) is -55.8. The van der Waals surface area contributed by atoms with Crippen LogP contribution in [-0.2, 0) is 51.1 Å². The Morgan fingerprint density at radius 2 is 1.06 bits per heavy atom. The minimum atomic E-state index is -4.82. The molecule has 0 aromatic rings. The van der Waals surface area contributed by atoms with Gasteiger partial charge in [-0.05, 0) is 6.92 Å². The molecular weight excluding hydrogens is 1180 g/mol. The lowest BCUT2D eigenvalue weighted by Gasteiger charge is -2.44. The minimum Gasteiger partial charge on any atom is -0.461 e. The Balaban J connectivity index is 3.47. The molecule has 1 saturated heterocycles. The molecule has 0 aromatic heterocycles. The van der Waals surface area contributed by atoms with Crippen molar-refractivity contribution in [3.8, 4) is 0 Å². The van der Waals surface area contributed by atoms with Gasteiger partial charge in [0, 0.05) is 54.9 Å². The number of phosphoric acid groups is 1. The molecule has 1 aliphatic heterocycles. The van der Waals surface area contributed by atoms with Crippen molar-refractivity contribution in [3.63, 3.8) is 0 Å². The molecule has 1 rings (SSSR count). The molecule has 0 bridgehead atoms. The maximum Gasteiger partial charge on any atom is 0.747 e. The Labute approximate surface area is 476 Å². The Kier molecular flexibility index (Phi) is 35.7. The molecule has 1 aliphatic rings. The molecule has 39 heteroatoms. The highest BCUT2D eigenvalue weighted by atomic mass is 31.2. The smallest absolute Gasteiger partial charge is 0.461 e. The number of hydrogen-bond acceptors (Lipinski definition) is 35. The molecule has 37 nitrogen and oxygen atoms in total. The van der Waals surface area contributed by atoms with Gasteiger partial charge in [0.05, 0.1) is 63.0 Å². The van der Waals surface area contributed by atoms with Crippen molar-refractivity contribution in [2.75, 3.05) is 46.2 Å². The second-order valence-corrected chi connectivity index (χ2v) is 22.2. The molecule has 83 heavy (non-hydrogen) atoms. The van der Waals surface area contributed by atoms with Crippen molar-refractivity contribution in [2.45, 2.75) is 195 Å². The van der Waals surface area contributed by atoms with Crippen LogP contribution in [0, 0.1) is 23.7 Å². The zero-order valence-corrected chi connectivity index (χ0v) is 47.8. The normalized spacial score (nSPS) is 28.1. The summed E-state index contributed by atoms with van der Waals surface area (Å²) < 4.78 is 69.9. The monoisotopic (exact) mass is 1270 g/mol. The van der Waals surface area contributed by atoms with Crippen LogP contribution in [0.3, 0.4) is 0 Å². The second-order valence-electron chi connectivity index (χ2n) is 20.1. The molecule has 0 radical (unpaired) electrons. The predicted octanol–water partition coefficient (Wildman–Crippen LogP) is -11.6. The Hall–Kier alpha value is -1.65. The summed E-state index contributed by atoms with van der Waals surface area (Å²) >= 11 is 0. The zero-order chi connectivity index (χ0) is 64.3. The first-order chi connectivity index (χ1) is 38.4. The van der Waals surface area contributed by atoms with Crippen LogP contribution < -0.4 is 11.5 Å². The van der Waals surface area contributed by atoms with E-state index in [0.717, 1.165) is 27.7 Å². The summed E-state index contributed by atoms with van der Waals surface area (Å²) in [5.74, 6) is -7.02. The van der Waals surface area contributed by atoms with E-state index in [0.29, 0.717) is 0 Å². The minimum absolute atomic E-state index is 0.218. The van der Waals surface area contributed by atoms with Gasteiger partial charge in [0.1, 0.15) is 85.5 Å². The zero-order valence-electron chi connectivity index (χ0n) is 46.0. The molecule has 31 atom stereocenters. The number of hydrogen-bond donors (Lipinski definition) is 26. The van der Waals surface area contributed by atoms with Gasteiger partial charge in [-0.2, -0.15) is 0 Å². The molecular formula is C44H89N2O35P2+. The summed E-state index contributed by atoms with van der Waals surface area (Å²) in [6, 6.07) is -1.86. The Bertz CT molecular complexity index is 1910.